The summed E-state index contributed by atoms with van der Waals surface area (Å²) in [5.41, 5.74) is -1.94. The second-order valence-electron chi connectivity index (χ2n) is 11.0. The molecule has 0 bridgehead atoms. The van der Waals surface area contributed by atoms with Gasteiger partial charge in [0, 0.05) is 35.5 Å². The normalized spacial score (nSPS) is 14.7. The lowest BCUT2D eigenvalue weighted by Crippen LogP contribution is -2.40. The average Bonchev–Trinajstić information content (AvgIpc) is 3.49. The number of likely N-dealkylation sites (N-methyl/N-ethyl adjacent to an activating group) is 1. The number of hydrogen-bond donors (Lipinski definition) is 1. The Labute approximate surface area is 258 Å². The molecule has 2 amide bonds. The van der Waals surface area contributed by atoms with Gasteiger partial charge in [0.15, 0.2) is 22.8 Å². The van der Waals surface area contributed by atoms with Gasteiger partial charge in [-0.2, -0.15) is 5.10 Å². The number of fused-ring (bicyclic) bond motifs is 2. The number of alkyl halides is 5. The van der Waals surface area contributed by atoms with Gasteiger partial charge in [0.05, 0.1) is 5.39 Å². The molecule has 1 aliphatic rings. The van der Waals surface area contributed by atoms with Crippen molar-refractivity contribution in [1.82, 2.24) is 15.1 Å². The van der Waals surface area contributed by atoms with Crippen LogP contribution in [0.4, 0.5) is 27.6 Å². The van der Waals surface area contributed by atoms with E-state index in [1.54, 1.807) is 27.7 Å². The van der Waals surface area contributed by atoms with Crippen LogP contribution in [0.3, 0.4) is 0 Å². The summed E-state index contributed by atoms with van der Waals surface area (Å²) in [5, 5.41) is 6.71. The number of anilines is 1. The largest absolute Gasteiger partial charge is 0.586 e. The summed E-state index contributed by atoms with van der Waals surface area (Å²) in [6.07, 6.45) is -5.43. The first-order chi connectivity index (χ1) is 21.3. The number of rotatable bonds is 9. The van der Waals surface area contributed by atoms with Gasteiger partial charge in [-0.05, 0) is 52.8 Å². The number of amides is 2. The van der Waals surface area contributed by atoms with Crippen molar-refractivity contribution in [2.45, 2.75) is 59.4 Å². The molecule has 0 aliphatic carbocycles. The van der Waals surface area contributed by atoms with Gasteiger partial charge >= 0.3 is 12.7 Å². The molecular weight excluding hydrogens is 623 g/mol. The van der Waals surface area contributed by atoms with Crippen LogP contribution in [-0.4, -0.2) is 46.3 Å². The number of hydrogen-bond acceptors (Lipinski definition) is 8. The van der Waals surface area contributed by atoms with Crippen LogP contribution < -0.4 is 25.2 Å². The zero-order valence-electron chi connectivity index (χ0n) is 25.3. The Kier molecular flexibility index (Phi) is 9.04. The summed E-state index contributed by atoms with van der Waals surface area (Å²) in [4.78, 5) is 41.2. The molecule has 0 atom stereocenters. The molecule has 46 heavy (non-hydrogen) atoms. The monoisotopic (exact) mass is 652 g/mol. The lowest BCUT2D eigenvalue weighted by Gasteiger charge is -2.21. The number of allylic oxidation sites excluding steroid dienone is 5. The number of ether oxygens (including phenoxy) is 3. The van der Waals surface area contributed by atoms with Gasteiger partial charge in [0.1, 0.15) is 18.0 Å². The maximum absolute atomic E-state index is 13.6. The average molecular weight is 653 g/mol. The van der Waals surface area contributed by atoms with Gasteiger partial charge in [-0.3, -0.25) is 14.4 Å². The minimum atomic E-state index is -5.01. The number of carbonyl (C=O) groups is 2. The quantitative estimate of drug-likeness (QED) is 0.172. The summed E-state index contributed by atoms with van der Waals surface area (Å²) < 4.78 is 85.1. The maximum atomic E-state index is 13.6. The molecule has 3 aromatic rings. The van der Waals surface area contributed by atoms with Crippen molar-refractivity contribution in [2.75, 3.05) is 11.4 Å². The Morgan fingerprint density at radius 1 is 1.15 bits per heavy atom. The van der Waals surface area contributed by atoms with Gasteiger partial charge in [-0.25, -0.2) is 4.68 Å². The molecule has 16 heteroatoms. The van der Waals surface area contributed by atoms with Crippen LogP contribution in [0.1, 0.15) is 50.9 Å². The van der Waals surface area contributed by atoms with Crippen molar-refractivity contribution in [3.63, 3.8) is 0 Å². The van der Waals surface area contributed by atoms with Crippen molar-refractivity contribution in [3.8, 4) is 11.5 Å². The van der Waals surface area contributed by atoms with Crippen molar-refractivity contribution in [2.24, 2.45) is 0 Å². The van der Waals surface area contributed by atoms with Crippen LogP contribution in [0, 0.1) is 0 Å². The Bertz CT molecular complexity index is 1820. The van der Waals surface area contributed by atoms with Crippen molar-refractivity contribution < 1.29 is 50.2 Å². The number of furan rings is 1. The van der Waals surface area contributed by atoms with Gasteiger partial charge in [0.2, 0.25) is 5.91 Å². The second-order valence-corrected chi connectivity index (χ2v) is 11.0. The van der Waals surface area contributed by atoms with Crippen molar-refractivity contribution in [1.29, 1.82) is 0 Å². The molecule has 0 saturated carbocycles. The van der Waals surface area contributed by atoms with Crippen molar-refractivity contribution >= 4 is 34.0 Å². The third-order valence-corrected chi connectivity index (χ3v) is 6.15. The highest BCUT2D eigenvalue weighted by molar-refractivity contribution is 5.99. The molecular formula is C30H29F5N4O7. The molecule has 0 unspecified atom stereocenters. The predicted molar refractivity (Wildman–Crippen MR) is 155 cm³/mol. The van der Waals surface area contributed by atoms with E-state index in [0.717, 1.165) is 34.7 Å². The fraction of sp³-hybridized carbons (Fsp3) is 0.333. The molecule has 1 aromatic carbocycles. The van der Waals surface area contributed by atoms with Crippen LogP contribution in [0.2, 0.25) is 0 Å². The third kappa shape index (κ3) is 7.73. The molecule has 0 radical (unpaired) electrons. The first kappa shape index (κ1) is 33.7. The second kappa shape index (κ2) is 12.3. The van der Waals surface area contributed by atoms with Crippen LogP contribution in [0.5, 0.6) is 11.5 Å². The molecule has 246 valence electrons. The summed E-state index contributed by atoms with van der Waals surface area (Å²) >= 11 is 0. The first-order valence-electron chi connectivity index (χ1n) is 13.7. The summed E-state index contributed by atoms with van der Waals surface area (Å²) in [5.74, 6) is -2.86. The van der Waals surface area contributed by atoms with E-state index < -0.39 is 47.9 Å². The molecule has 0 saturated heterocycles. The molecule has 1 aliphatic heterocycles. The van der Waals surface area contributed by atoms with Gasteiger partial charge < -0.3 is 28.8 Å². The van der Waals surface area contributed by atoms with E-state index in [-0.39, 0.29) is 51.7 Å². The minimum Gasteiger partial charge on any atom is -0.448 e. The van der Waals surface area contributed by atoms with Crippen LogP contribution in [0.15, 0.2) is 64.0 Å². The van der Waals surface area contributed by atoms with E-state index in [0.29, 0.717) is 0 Å². The fourth-order valence-electron chi connectivity index (χ4n) is 4.46. The summed E-state index contributed by atoms with van der Waals surface area (Å²) in [6, 6.07) is 4.83. The molecule has 2 aromatic heterocycles. The molecule has 1 N–H and O–H groups in total. The van der Waals surface area contributed by atoms with E-state index in [1.165, 1.54) is 24.3 Å². The highest BCUT2D eigenvalue weighted by Crippen LogP contribution is 2.43. The maximum Gasteiger partial charge on any atom is 0.586 e. The Hall–Kier alpha value is -5.15. The molecule has 3 heterocycles. The number of carbonyl (C=O) groups excluding carboxylic acids is 2. The van der Waals surface area contributed by atoms with E-state index in [4.69, 9.17) is 4.42 Å². The Balaban J connectivity index is 1.82. The lowest BCUT2D eigenvalue weighted by atomic mass is 10.1. The molecule has 11 nitrogen and oxygen atoms in total. The van der Waals surface area contributed by atoms with Crippen LogP contribution in [0.25, 0.3) is 16.5 Å². The van der Waals surface area contributed by atoms with E-state index in [1.807, 2.05) is 0 Å². The first-order valence-corrected chi connectivity index (χ1v) is 13.7. The molecule has 0 fully saturated rings. The summed E-state index contributed by atoms with van der Waals surface area (Å²) in [6.45, 7) is 10.6. The number of aromatic nitrogens is 2. The van der Waals surface area contributed by atoms with Crippen LogP contribution in [-0.2, 0) is 16.1 Å². The van der Waals surface area contributed by atoms with Gasteiger partial charge in [-0.1, -0.05) is 18.7 Å². The summed E-state index contributed by atoms with van der Waals surface area (Å²) in [7, 11) is 0. The van der Waals surface area contributed by atoms with E-state index >= 15 is 0 Å². The Morgan fingerprint density at radius 3 is 2.43 bits per heavy atom. The number of halogens is 5. The van der Waals surface area contributed by atoms with E-state index in [2.05, 4.69) is 31.2 Å². The highest BCUT2D eigenvalue weighted by Gasteiger charge is 2.43. The van der Waals surface area contributed by atoms with Crippen molar-refractivity contribution in [3.05, 3.63) is 76.6 Å². The number of nitrogens with zero attached hydrogens (tertiary/aromatic N) is 3. The SMILES string of the molecule is C=C/C=C(\C=C(/C)OC(F)(F)F)c1nn(CC(=O)N(CC)c2ccc3c(c2)OC(F)(F)O3)c(=O)c2cc(C(=O)NC(C)(C)C)oc12. The van der Waals surface area contributed by atoms with Gasteiger partial charge in [0.25, 0.3) is 11.5 Å². The number of benzene rings is 1. The minimum absolute atomic E-state index is 0.0277. The standard InChI is InChI=1S/C30H29F5N4O7/c1-7-9-17(12-16(3)44-29(31,32)33)24-25-19(14-22(43-25)26(41)36-28(4,5)6)27(42)39(37-24)15-23(40)38(8-2)18-10-11-20-21(13-18)46-30(34,35)45-20/h7,9-14H,1,8,15H2,2-6H3,(H,36,41)/b16-12+,17-9+. The predicted octanol–water partition coefficient (Wildman–Crippen LogP) is 5.90. The molecule has 4 rings (SSSR count). The van der Waals surface area contributed by atoms with Gasteiger partial charge in [-0.15, -0.1) is 22.0 Å². The molecule has 0 spiro atoms. The highest BCUT2D eigenvalue weighted by atomic mass is 19.4. The van der Waals surface area contributed by atoms with E-state index in [9.17, 15) is 36.3 Å². The zero-order chi connectivity index (χ0) is 34.2. The smallest absolute Gasteiger partial charge is 0.448 e. The zero-order valence-corrected chi connectivity index (χ0v) is 25.3. The van der Waals surface area contributed by atoms with Crippen LogP contribution >= 0.6 is 0 Å². The topological polar surface area (TPSA) is 125 Å². The number of nitrogens with one attached hydrogen (secondary N) is 1. The fourth-order valence-corrected chi connectivity index (χ4v) is 4.46. The lowest BCUT2D eigenvalue weighted by molar-refractivity contribution is -0.305. The Morgan fingerprint density at radius 2 is 1.83 bits per heavy atom. The third-order valence-electron chi connectivity index (χ3n) is 6.15.